The van der Waals surface area contributed by atoms with Gasteiger partial charge in [0.2, 0.25) is 11.7 Å². The Morgan fingerprint density at radius 2 is 1.50 bits per heavy atom. The number of alkyl halides is 3. The third-order valence-corrected chi connectivity index (χ3v) is 2.71. The van der Waals surface area contributed by atoms with Crippen molar-refractivity contribution in [2.24, 2.45) is 0 Å². The molecule has 0 spiro atoms. The molecule has 4 nitrogen and oxygen atoms in total. The van der Waals surface area contributed by atoms with E-state index in [1.165, 1.54) is 5.32 Å². The van der Waals surface area contributed by atoms with Crippen molar-refractivity contribution in [3.8, 4) is 0 Å². The average Bonchev–Trinajstić information content (AvgIpc) is 2.96. The predicted octanol–water partition coefficient (Wildman–Crippen LogP) is 3.24. The first-order chi connectivity index (χ1) is 11.0. The Labute approximate surface area is 127 Å². The molecular weight excluding hydrogens is 354 g/mol. The van der Waals surface area contributed by atoms with E-state index in [4.69, 9.17) is 0 Å². The maximum Gasteiger partial charge on any atom is 0.435 e. The third kappa shape index (κ3) is 3.31. The molecular formula is C12H5F8N3O. The molecule has 2 aromatic rings. The Kier molecular flexibility index (Phi) is 4.49. The Morgan fingerprint density at radius 3 is 1.96 bits per heavy atom. The van der Waals surface area contributed by atoms with Gasteiger partial charge in [0.15, 0.2) is 29.0 Å². The summed E-state index contributed by atoms with van der Waals surface area (Å²) >= 11 is 0. The monoisotopic (exact) mass is 359 g/mol. The van der Waals surface area contributed by atoms with E-state index in [0.29, 0.717) is 10.7 Å². The SMILES string of the molecule is O=C(Cn1ccc(C(F)(F)F)n1)Nc1c(F)c(F)c(F)c(F)c1F. The van der Waals surface area contributed by atoms with Crippen LogP contribution in [0.1, 0.15) is 5.69 Å². The van der Waals surface area contributed by atoms with Gasteiger partial charge in [-0.15, -0.1) is 0 Å². The van der Waals surface area contributed by atoms with Crippen molar-refractivity contribution in [2.45, 2.75) is 12.7 Å². The highest BCUT2D eigenvalue weighted by atomic mass is 19.4. The van der Waals surface area contributed by atoms with Gasteiger partial charge in [0.1, 0.15) is 12.2 Å². The van der Waals surface area contributed by atoms with E-state index in [1.807, 2.05) is 0 Å². The van der Waals surface area contributed by atoms with Crippen molar-refractivity contribution >= 4 is 11.6 Å². The molecule has 0 aliphatic heterocycles. The van der Waals surface area contributed by atoms with Gasteiger partial charge in [-0.25, -0.2) is 22.0 Å². The summed E-state index contributed by atoms with van der Waals surface area (Å²) in [4.78, 5) is 11.5. The van der Waals surface area contributed by atoms with Crippen molar-refractivity contribution < 1.29 is 39.9 Å². The summed E-state index contributed by atoms with van der Waals surface area (Å²) in [6, 6.07) is 0.533. The molecule has 2 rings (SSSR count). The maximum atomic E-state index is 13.4. The Balaban J connectivity index is 2.21. The first kappa shape index (κ1) is 17.7. The van der Waals surface area contributed by atoms with Gasteiger partial charge in [-0.05, 0) is 6.07 Å². The molecule has 1 amide bonds. The Morgan fingerprint density at radius 1 is 1.00 bits per heavy atom. The molecule has 0 atom stereocenters. The van der Waals surface area contributed by atoms with Crippen molar-refractivity contribution in [3.05, 3.63) is 47.0 Å². The van der Waals surface area contributed by atoms with Crippen molar-refractivity contribution in [1.29, 1.82) is 0 Å². The van der Waals surface area contributed by atoms with E-state index in [0.717, 1.165) is 6.20 Å². The van der Waals surface area contributed by atoms with Crippen LogP contribution in [0, 0.1) is 29.1 Å². The second-order valence-corrected chi connectivity index (χ2v) is 4.39. The van der Waals surface area contributed by atoms with Crippen molar-refractivity contribution in [3.63, 3.8) is 0 Å². The Bertz CT molecular complexity index is 769. The fraction of sp³-hybridized carbons (Fsp3) is 0.167. The van der Waals surface area contributed by atoms with E-state index in [-0.39, 0.29) is 0 Å². The minimum absolute atomic E-state index is 0.476. The standard InChI is InChI=1S/C12H5F8N3O/c13-6-7(14)9(16)11(10(17)8(6)15)21-5(24)3-23-2-1-4(22-23)12(18,19)20/h1-2H,3H2,(H,21,24). The van der Waals surface area contributed by atoms with Crippen LogP contribution in [-0.2, 0) is 17.5 Å². The first-order valence-electron chi connectivity index (χ1n) is 5.94. The van der Waals surface area contributed by atoms with Crippen LogP contribution in [0.5, 0.6) is 0 Å². The molecule has 0 radical (unpaired) electrons. The van der Waals surface area contributed by atoms with Crippen LogP contribution in [-0.4, -0.2) is 15.7 Å². The number of carbonyl (C=O) groups excluding carboxylic acids is 1. The number of hydrogen-bond acceptors (Lipinski definition) is 2. The first-order valence-corrected chi connectivity index (χ1v) is 5.94. The lowest BCUT2D eigenvalue weighted by Gasteiger charge is -2.10. The number of nitrogens with zero attached hydrogens (tertiary/aromatic N) is 2. The van der Waals surface area contributed by atoms with Gasteiger partial charge >= 0.3 is 6.18 Å². The van der Waals surface area contributed by atoms with Crippen LogP contribution in [0.4, 0.5) is 40.8 Å². The number of nitrogens with one attached hydrogen (secondary N) is 1. The predicted molar refractivity (Wildman–Crippen MR) is 62.1 cm³/mol. The number of anilines is 1. The quantitative estimate of drug-likeness (QED) is 0.520. The molecule has 0 saturated carbocycles. The number of aromatic nitrogens is 2. The van der Waals surface area contributed by atoms with Gasteiger partial charge in [0.25, 0.3) is 0 Å². The molecule has 0 aliphatic carbocycles. The minimum atomic E-state index is -4.77. The van der Waals surface area contributed by atoms with E-state index in [2.05, 4.69) is 5.10 Å². The summed E-state index contributed by atoms with van der Waals surface area (Å²) < 4.78 is 103. The summed E-state index contributed by atoms with van der Waals surface area (Å²) in [5.41, 5.74) is -2.94. The lowest BCUT2D eigenvalue weighted by atomic mass is 10.2. The zero-order valence-electron chi connectivity index (χ0n) is 11.2. The topological polar surface area (TPSA) is 46.9 Å². The lowest BCUT2D eigenvalue weighted by Crippen LogP contribution is -2.22. The highest BCUT2D eigenvalue weighted by molar-refractivity contribution is 5.90. The van der Waals surface area contributed by atoms with Gasteiger partial charge in [0.05, 0.1) is 0 Å². The molecule has 1 N–H and O–H groups in total. The summed E-state index contributed by atoms with van der Waals surface area (Å²) in [5.74, 6) is -12.9. The molecule has 12 heteroatoms. The van der Waals surface area contributed by atoms with E-state index >= 15 is 0 Å². The number of rotatable bonds is 3. The van der Waals surface area contributed by atoms with E-state index in [1.54, 1.807) is 0 Å². The molecule has 0 aliphatic rings. The smallest absolute Gasteiger partial charge is 0.319 e. The molecule has 0 saturated heterocycles. The van der Waals surface area contributed by atoms with E-state index < -0.39 is 59.1 Å². The number of benzene rings is 1. The van der Waals surface area contributed by atoms with Gasteiger partial charge < -0.3 is 5.32 Å². The van der Waals surface area contributed by atoms with Crippen LogP contribution < -0.4 is 5.32 Å². The van der Waals surface area contributed by atoms with Crippen molar-refractivity contribution in [2.75, 3.05) is 5.32 Å². The number of hydrogen-bond donors (Lipinski definition) is 1. The average molecular weight is 359 g/mol. The fourth-order valence-corrected chi connectivity index (χ4v) is 1.64. The van der Waals surface area contributed by atoms with Gasteiger partial charge in [-0.1, -0.05) is 0 Å². The normalized spacial score (nSPS) is 11.7. The zero-order valence-corrected chi connectivity index (χ0v) is 11.2. The maximum absolute atomic E-state index is 13.4. The summed E-state index contributed by atoms with van der Waals surface area (Å²) in [5, 5.41) is 4.40. The minimum Gasteiger partial charge on any atom is -0.319 e. The van der Waals surface area contributed by atoms with E-state index in [9.17, 15) is 39.9 Å². The molecule has 0 bridgehead atoms. The number of halogens is 8. The summed E-state index contributed by atoms with van der Waals surface area (Å²) in [6.07, 6.45) is -4.02. The number of amides is 1. The van der Waals surface area contributed by atoms with Crippen LogP contribution in [0.25, 0.3) is 0 Å². The molecule has 1 aromatic carbocycles. The molecule has 1 aromatic heterocycles. The largest absolute Gasteiger partial charge is 0.435 e. The molecule has 0 fully saturated rings. The molecule has 24 heavy (non-hydrogen) atoms. The second-order valence-electron chi connectivity index (χ2n) is 4.39. The fourth-order valence-electron chi connectivity index (χ4n) is 1.64. The van der Waals surface area contributed by atoms with Gasteiger partial charge in [0, 0.05) is 6.20 Å². The van der Waals surface area contributed by atoms with Crippen LogP contribution in [0.3, 0.4) is 0 Å². The van der Waals surface area contributed by atoms with Crippen molar-refractivity contribution in [1.82, 2.24) is 9.78 Å². The van der Waals surface area contributed by atoms with Gasteiger partial charge in [-0.2, -0.15) is 18.3 Å². The number of carbonyl (C=O) groups is 1. The summed E-state index contributed by atoms with van der Waals surface area (Å²) in [7, 11) is 0. The second kappa shape index (κ2) is 6.09. The molecule has 1 heterocycles. The van der Waals surface area contributed by atoms with Crippen LogP contribution in [0.15, 0.2) is 12.3 Å². The molecule has 130 valence electrons. The zero-order chi connectivity index (χ0) is 18.2. The van der Waals surface area contributed by atoms with Gasteiger partial charge in [-0.3, -0.25) is 9.48 Å². The summed E-state index contributed by atoms with van der Waals surface area (Å²) in [6.45, 7) is -0.949. The van der Waals surface area contributed by atoms with Crippen LogP contribution >= 0.6 is 0 Å². The highest BCUT2D eigenvalue weighted by Crippen LogP contribution is 2.28. The van der Waals surface area contributed by atoms with Crippen LogP contribution in [0.2, 0.25) is 0 Å². The lowest BCUT2D eigenvalue weighted by molar-refractivity contribution is -0.141. The highest BCUT2D eigenvalue weighted by Gasteiger charge is 2.33. The Hall–Kier alpha value is -2.66. The third-order valence-electron chi connectivity index (χ3n) is 2.71. The molecule has 0 unspecified atom stereocenters.